The average Bonchev–Trinajstić information content (AvgIpc) is 1.11. The van der Waals surface area contributed by atoms with Crippen LogP contribution in [-0.2, 0) is 48.9 Å². The number of anilines is 2. The number of carbonyl (C=O) groups is 5. The Bertz CT molecular complexity index is 4560. The van der Waals surface area contributed by atoms with E-state index in [2.05, 4.69) is 98.3 Å². The molecule has 10 rings (SSSR count). The van der Waals surface area contributed by atoms with Crippen LogP contribution in [0, 0.1) is 31.6 Å². The Hall–Kier alpha value is -9.35. The van der Waals surface area contributed by atoms with Crippen molar-refractivity contribution < 1.29 is 172 Å². The van der Waals surface area contributed by atoms with Crippen LogP contribution in [0.5, 0.6) is 11.5 Å². The molecule has 0 aliphatic carbocycles. The first-order chi connectivity index (χ1) is 49.2. The van der Waals surface area contributed by atoms with Crippen LogP contribution in [0.1, 0.15) is 99.8 Å². The van der Waals surface area contributed by atoms with Gasteiger partial charge in [-0.1, -0.05) is 149 Å². The van der Waals surface area contributed by atoms with Crippen molar-refractivity contribution in [3.8, 4) is 62.6 Å². The number of Topliss-reactive ketones (excluding diaryl/α,β-unsaturated/α-hetero) is 1. The van der Waals surface area contributed by atoms with Crippen molar-refractivity contribution in [3.05, 3.63) is 236 Å². The molecule has 0 saturated heterocycles. The predicted octanol–water partition coefficient (Wildman–Crippen LogP) is 7.89. The second-order valence-electron chi connectivity index (χ2n) is 23.7. The van der Waals surface area contributed by atoms with Gasteiger partial charge in [-0.3, -0.25) is 40.0 Å². The van der Waals surface area contributed by atoms with E-state index in [9.17, 15) is 39.4 Å². The normalized spacial score (nSPS) is 10.3. The topological polar surface area (TPSA) is 376 Å². The summed E-state index contributed by atoms with van der Waals surface area (Å²) in [7, 11) is 4.42. The Labute approximate surface area is 700 Å². The third-order valence-corrected chi connectivity index (χ3v) is 14.8. The first kappa shape index (κ1) is 88.1. The van der Waals surface area contributed by atoms with Crippen LogP contribution >= 0.6 is 15.9 Å². The van der Waals surface area contributed by atoms with E-state index in [1.54, 1.807) is 66.5 Å². The molecule has 1 N–H and O–H groups in total. The van der Waals surface area contributed by atoms with Crippen molar-refractivity contribution >= 4 is 69.1 Å². The van der Waals surface area contributed by atoms with E-state index >= 15 is 0 Å². The number of hydrogen-bond donors (Lipinski definition) is 1. The van der Waals surface area contributed by atoms with Gasteiger partial charge in [-0.05, 0) is 150 Å². The minimum atomic E-state index is -0.901. The number of benzene rings is 8. The van der Waals surface area contributed by atoms with Gasteiger partial charge >= 0.3 is 121 Å². The molecule has 2 heterocycles. The molecule has 2 amide bonds. The van der Waals surface area contributed by atoms with Crippen LogP contribution in [0.2, 0.25) is 0 Å². The fourth-order valence-corrected chi connectivity index (χ4v) is 10.1. The Kier molecular flexibility index (Phi) is 36.2. The largest absolute Gasteiger partial charge is 1.00 e. The quantitative estimate of drug-likeness (QED) is 0.00871. The second kappa shape index (κ2) is 43.2. The maximum atomic E-state index is 13.5. The molecule has 105 heavy (non-hydrogen) atoms. The molecular formula is C73H74BrK2N13O16. The van der Waals surface area contributed by atoms with Gasteiger partial charge in [0.25, 0.3) is 17.8 Å². The number of tetrazole rings is 2. The molecule has 0 unspecified atom stereocenters. The molecule has 0 bridgehead atoms. The number of para-hydroxylation sites is 2. The van der Waals surface area contributed by atoms with Gasteiger partial charge in [0, 0.05) is 41.1 Å². The van der Waals surface area contributed by atoms with Crippen molar-refractivity contribution in [2.45, 2.75) is 91.6 Å². The number of methoxy groups -OCH3 is 3. The standard InChI is InChI=1S/C35H34N6O6.C22H19BrN4O.C13H16N2O6.C2H3N.CH2O3.2K.H/c1-23(42)28-11-8-12-31(41(44)45)32(28)39(34(43)47-35(2,3)4)21-24-13-17-26(18-14-24)29-9-6-7-10-30(29)33-36-37-38-40(33)22-25-15-19-27(46-5)20-16-25;1-28-19-12-8-17(9-13-19)15-27-22(24-25-26-27)21-5-3-2-4-20(21)18-10-6-16(14-23)7-11-18;1-13(2,3)21-12(17)14-10-8(11(16)20-4)6-5-7-9(10)15(18)19;1-2-3;2-1-4-3;;;/h6-20H,21-22H2,1-5H3;2-13H,14-15H2,1H3;5-7H,1-4H3,(H,14,17);1H3;1,3H;;;/q;;;;;2*+1;-1/p-1. The number of aromatic nitrogens is 8. The summed E-state index contributed by atoms with van der Waals surface area (Å²) in [6.07, 6.45) is -1.71. The zero-order valence-corrected chi connectivity index (χ0v) is 67.8. The number of hydrogen-bond acceptors (Lipinski definition) is 23. The fourth-order valence-electron chi connectivity index (χ4n) is 9.73. The number of alkyl halides is 1. The maximum absolute atomic E-state index is 13.5. The summed E-state index contributed by atoms with van der Waals surface area (Å²) in [5, 5.41) is 66.8. The molecule has 0 spiro atoms. The van der Waals surface area contributed by atoms with Gasteiger partial charge in [-0.25, -0.2) is 23.7 Å². The van der Waals surface area contributed by atoms with Gasteiger partial charge in [-0.15, -0.1) is 10.2 Å². The van der Waals surface area contributed by atoms with Crippen molar-refractivity contribution in [2.24, 2.45) is 0 Å². The Morgan fingerprint density at radius 1 is 0.600 bits per heavy atom. The van der Waals surface area contributed by atoms with Crippen LogP contribution in [-0.4, -0.2) is 113 Å². The molecule has 0 saturated carbocycles. The Morgan fingerprint density at radius 2 is 1.00 bits per heavy atom. The van der Waals surface area contributed by atoms with Crippen LogP contribution in [0.3, 0.4) is 0 Å². The number of halogens is 1. The first-order valence-corrected chi connectivity index (χ1v) is 32.2. The summed E-state index contributed by atoms with van der Waals surface area (Å²) in [5.41, 5.74) is 6.90. The van der Waals surface area contributed by atoms with Gasteiger partial charge in [0.2, 0.25) is 0 Å². The molecule has 29 nitrogen and oxygen atoms in total. The molecule has 536 valence electrons. The van der Waals surface area contributed by atoms with Crippen LogP contribution in [0.25, 0.3) is 45.0 Å². The van der Waals surface area contributed by atoms with Gasteiger partial charge in [0.1, 0.15) is 34.1 Å². The maximum Gasteiger partial charge on any atom is 1.00 e. The van der Waals surface area contributed by atoms with Crippen molar-refractivity contribution in [3.63, 3.8) is 0 Å². The molecule has 32 heteroatoms. The van der Waals surface area contributed by atoms with Gasteiger partial charge in [0.05, 0.1) is 62.4 Å². The zero-order chi connectivity index (χ0) is 75.4. The van der Waals surface area contributed by atoms with Crippen molar-refractivity contribution in [1.29, 1.82) is 5.26 Å². The number of ketones is 1. The molecule has 0 aliphatic rings. The van der Waals surface area contributed by atoms with E-state index in [4.69, 9.17) is 34.3 Å². The number of nitrogens with one attached hydrogen (secondary N) is 1. The molecule has 0 atom stereocenters. The van der Waals surface area contributed by atoms with E-state index in [0.717, 1.165) is 79.2 Å². The predicted molar refractivity (Wildman–Crippen MR) is 384 cm³/mol. The van der Waals surface area contributed by atoms with E-state index in [1.165, 1.54) is 55.8 Å². The zero-order valence-electron chi connectivity index (χ0n) is 61.0. The van der Waals surface area contributed by atoms with E-state index < -0.39 is 50.7 Å². The Balaban J connectivity index is 0.000000421. The summed E-state index contributed by atoms with van der Waals surface area (Å²) < 4.78 is 29.2. The van der Waals surface area contributed by atoms with Gasteiger partial charge < -0.3 is 35.3 Å². The first-order valence-electron chi connectivity index (χ1n) is 31.1. The minimum absolute atomic E-state index is 0. The van der Waals surface area contributed by atoms with E-state index in [-0.39, 0.29) is 145 Å². The average molecular weight is 1550 g/mol. The smallest absolute Gasteiger partial charge is 1.00 e. The van der Waals surface area contributed by atoms with E-state index in [1.807, 2.05) is 114 Å². The van der Waals surface area contributed by atoms with Gasteiger partial charge in [0.15, 0.2) is 17.4 Å². The molecule has 10 aromatic rings. The van der Waals surface area contributed by atoms with Crippen LogP contribution in [0.15, 0.2) is 182 Å². The summed E-state index contributed by atoms with van der Waals surface area (Å²) >= 11 is 3.50. The number of rotatable bonds is 20. The third-order valence-electron chi connectivity index (χ3n) is 14.2. The summed E-state index contributed by atoms with van der Waals surface area (Å²) in [6.45, 7) is 13.6. The summed E-state index contributed by atoms with van der Waals surface area (Å²) in [5.74, 6) is 1.71. The number of nitro benzene ring substituents is 2. The second-order valence-corrected chi connectivity index (χ2v) is 24.2. The van der Waals surface area contributed by atoms with Gasteiger partial charge in [-0.2, -0.15) is 5.26 Å². The molecule has 0 radical (unpaired) electrons. The fraction of sp³-hybridized carbons (Fsp3) is 0.233. The number of nitro groups is 2. The van der Waals surface area contributed by atoms with Crippen molar-refractivity contribution in [2.75, 3.05) is 31.5 Å². The number of amides is 2. The molecule has 0 fully saturated rings. The summed E-state index contributed by atoms with van der Waals surface area (Å²) in [4.78, 5) is 83.6. The molecule has 8 aromatic carbocycles. The van der Waals surface area contributed by atoms with Crippen LogP contribution < -0.4 is 128 Å². The Morgan fingerprint density at radius 3 is 1.38 bits per heavy atom. The number of nitriles is 1. The third kappa shape index (κ3) is 26.3. The number of ether oxygens (including phenoxy) is 5. The van der Waals surface area contributed by atoms with Crippen molar-refractivity contribution in [1.82, 2.24) is 40.4 Å². The number of esters is 1. The number of carbonyl (C=O) groups excluding carboxylic acids is 5. The minimum Gasteiger partial charge on any atom is -1.00 e. The molecule has 0 aliphatic heterocycles. The summed E-state index contributed by atoms with van der Waals surface area (Å²) in [6, 6.07) is 57.2. The molecule has 2 aromatic heterocycles. The van der Waals surface area contributed by atoms with Crippen LogP contribution in [0.4, 0.5) is 32.3 Å². The molecular weight excluding hydrogens is 1470 g/mol. The SMILES string of the molecule is CC#N.COC(=O)c1cccc([N+](=O)[O-])c1NC(=O)OC(C)(C)C.COc1ccc(Cn2nnnc2-c2ccccc2-c2ccc(CBr)cc2)cc1.COc1ccc(Cn2nnnc2-c2ccccc2-c2ccc(CN(C(=O)OC(C)(C)C)c3c(C(C)=O)cccc3[N+](=O)[O-])cc2)cc1.O=CO[O-].[H-].[K+].[K+]. The van der Waals surface area contributed by atoms with E-state index in [0.29, 0.717) is 24.5 Å². The monoisotopic (exact) mass is 1550 g/mol. The number of nitrogens with zero attached hydrogens (tertiary/aromatic N) is 12.